The molecular formula is C13H24N2O. The lowest BCUT2D eigenvalue weighted by molar-refractivity contribution is -0.129. The van der Waals surface area contributed by atoms with Crippen molar-refractivity contribution in [2.75, 3.05) is 13.1 Å². The van der Waals surface area contributed by atoms with Crippen molar-refractivity contribution in [2.45, 2.75) is 57.9 Å². The number of hydrogen-bond donors (Lipinski definition) is 2. The van der Waals surface area contributed by atoms with Crippen LogP contribution in [0.5, 0.6) is 0 Å². The maximum absolute atomic E-state index is 12.0. The summed E-state index contributed by atoms with van der Waals surface area (Å²) >= 11 is 0. The van der Waals surface area contributed by atoms with Crippen LogP contribution in [0.3, 0.4) is 0 Å². The van der Waals surface area contributed by atoms with E-state index in [1.165, 1.54) is 25.7 Å². The number of hydrogen-bond acceptors (Lipinski definition) is 2. The summed E-state index contributed by atoms with van der Waals surface area (Å²) in [7, 11) is 0. The highest BCUT2D eigenvalue weighted by Gasteiger charge is 2.35. The molecule has 16 heavy (non-hydrogen) atoms. The molecule has 1 saturated heterocycles. The third kappa shape index (κ3) is 2.76. The van der Waals surface area contributed by atoms with Gasteiger partial charge in [0.1, 0.15) is 0 Å². The fraction of sp³-hybridized carbons (Fsp3) is 0.923. The van der Waals surface area contributed by atoms with Crippen molar-refractivity contribution in [1.82, 2.24) is 10.6 Å². The molecule has 92 valence electrons. The Hall–Kier alpha value is -0.570. The number of carbonyl (C=O) groups is 1. The van der Waals surface area contributed by atoms with Crippen LogP contribution >= 0.6 is 0 Å². The fourth-order valence-corrected chi connectivity index (χ4v) is 2.96. The molecule has 0 aromatic rings. The molecule has 3 nitrogen and oxygen atoms in total. The van der Waals surface area contributed by atoms with Gasteiger partial charge in [0.05, 0.1) is 0 Å². The minimum absolute atomic E-state index is 0.0664. The summed E-state index contributed by atoms with van der Waals surface area (Å²) in [6, 6.07) is 0.636. The van der Waals surface area contributed by atoms with Gasteiger partial charge in [-0.2, -0.15) is 0 Å². The molecule has 2 aliphatic rings. The van der Waals surface area contributed by atoms with Crippen LogP contribution in [0.15, 0.2) is 0 Å². The fourth-order valence-electron chi connectivity index (χ4n) is 2.96. The first kappa shape index (κ1) is 11.9. The summed E-state index contributed by atoms with van der Waals surface area (Å²) in [5.41, 5.74) is -0.0664. The van der Waals surface area contributed by atoms with Gasteiger partial charge in [-0.05, 0) is 38.6 Å². The molecule has 1 saturated carbocycles. The molecule has 2 fully saturated rings. The Bertz CT molecular complexity index is 240. The van der Waals surface area contributed by atoms with Crippen LogP contribution in [0.25, 0.3) is 0 Å². The lowest BCUT2D eigenvalue weighted by Crippen LogP contribution is -2.39. The SMILES string of the molecule is CC1(C(=O)NCC[C@H]2CCCN2)CCCC1. The highest BCUT2D eigenvalue weighted by Crippen LogP contribution is 2.37. The monoisotopic (exact) mass is 224 g/mol. The van der Waals surface area contributed by atoms with Crippen LogP contribution < -0.4 is 10.6 Å². The van der Waals surface area contributed by atoms with Crippen LogP contribution in [-0.4, -0.2) is 25.0 Å². The summed E-state index contributed by atoms with van der Waals surface area (Å²) in [4.78, 5) is 12.0. The Labute approximate surface area is 98.4 Å². The molecule has 0 bridgehead atoms. The van der Waals surface area contributed by atoms with Crippen molar-refractivity contribution < 1.29 is 4.79 Å². The van der Waals surface area contributed by atoms with Gasteiger partial charge < -0.3 is 10.6 Å². The van der Waals surface area contributed by atoms with Crippen molar-refractivity contribution in [3.8, 4) is 0 Å². The van der Waals surface area contributed by atoms with Crippen LogP contribution in [0.4, 0.5) is 0 Å². The zero-order valence-corrected chi connectivity index (χ0v) is 10.3. The highest BCUT2D eigenvalue weighted by atomic mass is 16.2. The van der Waals surface area contributed by atoms with E-state index in [1.54, 1.807) is 0 Å². The van der Waals surface area contributed by atoms with Gasteiger partial charge in [-0.1, -0.05) is 19.8 Å². The molecule has 2 rings (SSSR count). The lowest BCUT2D eigenvalue weighted by Gasteiger charge is -2.22. The summed E-state index contributed by atoms with van der Waals surface area (Å²) < 4.78 is 0. The maximum atomic E-state index is 12.0. The Morgan fingerprint density at radius 3 is 2.75 bits per heavy atom. The first-order chi connectivity index (χ1) is 7.71. The first-order valence-corrected chi connectivity index (χ1v) is 6.72. The predicted molar refractivity (Wildman–Crippen MR) is 65.2 cm³/mol. The number of nitrogens with one attached hydrogen (secondary N) is 2. The van der Waals surface area contributed by atoms with Crippen molar-refractivity contribution >= 4 is 5.91 Å². The molecular weight excluding hydrogens is 200 g/mol. The van der Waals surface area contributed by atoms with Crippen LogP contribution in [0, 0.1) is 5.41 Å². The van der Waals surface area contributed by atoms with Gasteiger partial charge >= 0.3 is 0 Å². The quantitative estimate of drug-likeness (QED) is 0.765. The van der Waals surface area contributed by atoms with Crippen LogP contribution in [0.1, 0.15) is 51.9 Å². The summed E-state index contributed by atoms with van der Waals surface area (Å²) in [5, 5.41) is 6.57. The molecule has 0 aromatic carbocycles. The molecule has 2 N–H and O–H groups in total. The summed E-state index contributed by atoms with van der Waals surface area (Å²) in [6.45, 7) is 4.10. The second kappa shape index (κ2) is 5.17. The van der Waals surface area contributed by atoms with E-state index in [4.69, 9.17) is 0 Å². The van der Waals surface area contributed by atoms with Crippen molar-refractivity contribution in [3.05, 3.63) is 0 Å². The normalized spacial score (nSPS) is 28.2. The van der Waals surface area contributed by atoms with E-state index in [0.717, 1.165) is 32.4 Å². The van der Waals surface area contributed by atoms with E-state index in [2.05, 4.69) is 17.6 Å². The van der Waals surface area contributed by atoms with Crippen LogP contribution in [-0.2, 0) is 4.79 Å². The van der Waals surface area contributed by atoms with Gasteiger partial charge in [0.2, 0.25) is 5.91 Å². The Morgan fingerprint density at radius 2 is 2.12 bits per heavy atom. The maximum Gasteiger partial charge on any atom is 0.225 e. The summed E-state index contributed by atoms with van der Waals surface area (Å²) in [5.74, 6) is 0.281. The lowest BCUT2D eigenvalue weighted by atomic mass is 9.88. The van der Waals surface area contributed by atoms with Gasteiger partial charge in [0, 0.05) is 18.0 Å². The Balaban J connectivity index is 1.67. The average molecular weight is 224 g/mol. The second-order valence-electron chi connectivity index (χ2n) is 5.61. The number of rotatable bonds is 4. The Kier molecular flexibility index (Phi) is 3.85. The minimum atomic E-state index is -0.0664. The molecule has 0 radical (unpaired) electrons. The molecule has 1 aliphatic heterocycles. The average Bonchev–Trinajstić information content (AvgIpc) is 2.90. The summed E-state index contributed by atoms with van der Waals surface area (Å²) in [6.07, 6.45) is 8.22. The molecule has 0 aromatic heterocycles. The van der Waals surface area contributed by atoms with Gasteiger partial charge in [0.25, 0.3) is 0 Å². The zero-order valence-electron chi connectivity index (χ0n) is 10.3. The molecule has 1 amide bonds. The van der Waals surface area contributed by atoms with E-state index in [0.29, 0.717) is 6.04 Å². The second-order valence-corrected chi connectivity index (χ2v) is 5.61. The Morgan fingerprint density at radius 1 is 1.38 bits per heavy atom. The van der Waals surface area contributed by atoms with Crippen molar-refractivity contribution in [3.63, 3.8) is 0 Å². The molecule has 1 atom stereocenters. The van der Waals surface area contributed by atoms with Gasteiger partial charge in [0.15, 0.2) is 0 Å². The molecule has 1 aliphatic carbocycles. The molecule has 0 unspecified atom stereocenters. The standard InChI is InChI=1S/C13H24N2O/c1-13(7-2-3-8-13)12(16)15-10-6-11-5-4-9-14-11/h11,14H,2-10H2,1H3,(H,15,16)/t11-/m1/s1. The van der Waals surface area contributed by atoms with Gasteiger partial charge in [-0.3, -0.25) is 4.79 Å². The van der Waals surface area contributed by atoms with E-state index in [9.17, 15) is 4.79 Å². The van der Waals surface area contributed by atoms with E-state index in [1.807, 2.05) is 0 Å². The highest BCUT2D eigenvalue weighted by molar-refractivity contribution is 5.82. The molecule has 3 heteroatoms. The predicted octanol–water partition coefficient (Wildman–Crippen LogP) is 1.82. The van der Waals surface area contributed by atoms with E-state index in [-0.39, 0.29) is 11.3 Å². The van der Waals surface area contributed by atoms with Gasteiger partial charge in [-0.25, -0.2) is 0 Å². The molecule has 1 heterocycles. The minimum Gasteiger partial charge on any atom is -0.356 e. The largest absolute Gasteiger partial charge is 0.356 e. The smallest absolute Gasteiger partial charge is 0.225 e. The van der Waals surface area contributed by atoms with Crippen LogP contribution in [0.2, 0.25) is 0 Å². The third-order valence-corrected chi connectivity index (χ3v) is 4.20. The van der Waals surface area contributed by atoms with Crippen molar-refractivity contribution in [2.24, 2.45) is 5.41 Å². The van der Waals surface area contributed by atoms with Crippen molar-refractivity contribution in [1.29, 1.82) is 0 Å². The van der Waals surface area contributed by atoms with E-state index < -0.39 is 0 Å². The topological polar surface area (TPSA) is 41.1 Å². The molecule has 0 spiro atoms. The number of amides is 1. The van der Waals surface area contributed by atoms with Gasteiger partial charge in [-0.15, -0.1) is 0 Å². The third-order valence-electron chi connectivity index (χ3n) is 4.20. The van der Waals surface area contributed by atoms with E-state index >= 15 is 0 Å². The first-order valence-electron chi connectivity index (χ1n) is 6.72. The number of carbonyl (C=O) groups excluding carboxylic acids is 1. The zero-order chi connectivity index (χ0) is 11.4.